The average Bonchev–Trinajstić information content (AvgIpc) is 2.33. The van der Waals surface area contributed by atoms with Gasteiger partial charge in [-0.3, -0.25) is 4.79 Å². The molecule has 1 aromatic rings. The van der Waals surface area contributed by atoms with Crippen molar-refractivity contribution in [3.63, 3.8) is 0 Å². The van der Waals surface area contributed by atoms with Gasteiger partial charge >= 0.3 is 0 Å². The number of carbonyl (C=O) groups is 1. The number of hydrogen-bond donors (Lipinski definition) is 3. The van der Waals surface area contributed by atoms with Gasteiger partial charge in [-0.25, -0.2) is 9.97 Å². The lowest BCUT2D eigenvalue weighted by Gasteiger charge is -2.10. The highest BCUT2D eigenvalue weighted by Crippen LogP contribution is 2.10. The van der Waals surface area contributed by atoms with Crippen LogP contribution in [0.3, 0.4) is 0 Å². The second-order valence-electron chi connectivity index (χ2n) is 4.77. The lowest BCUT2D eigenvalue weighted by molar-refractivity contribution is -0.119. The van der Waals surface area contributed by atoms with E-state index in [1.807, 2.05) is 13.8 Å². The van der Waals surface area contributed by atoms with E-state index in [0.717, 1.165) is 12.4 Å². The van der Waals surface area contributed by atoms with Gasteiger partial charge in [-0.15, -0.1) is 0 Å². The minimum absolute atomic E-state index is 0.0324. The first kappa shape index (κ1) is 15.2. The lowest BCUT2D eigenvalue weighted by Crippen LogP contribution is -2.32. The standard InChI is InChI=1S/C13H23N5O/c1-5-14-11-6-12(18-10(4)17-11)15-8-13(19)16-7-9(2)3/h6,9H,5,7-8H2,1-4H3,(H,16,19)(H2,14,15,17,18). The Labute approximate surface area is 114 Å². The van der Waals surface area contributed by atoms with E-state index in [1.54, 1.807) is 6.07 Å². The Morgan fingerprint density at radius 3 is 2.47 bits per heavy atom. The summed E-state index contributed by atoms with van der Waals surface area (Å²) in [6.45, 7) is 9.65. The van der Waals surface area contributed by atoms with E-state index in [9.17, 15) is 4.79 Å². The number of nitrogens with zero attached hydrogens (tertiary/aromatic N) is 2. The smallest absolute Gasteiger partial charge is 0.239 e. The molecular formula is C13H23N5O. The summed E-state index contributed by atoms with van der Waals surface area (Å²) in [5.74, 6) is 2.51. The monoisotopic (exact) mass is 265 g/mol. The zero-order valence-electron chi connectivity index (χ0n) is 12.1. The molecule has 1 aromatic heterocycles. The molecule has 0 aromatic carbocycles. The highest BCUT2D eigenvalue weighted by Gasteiger charge is 2.04. The first-order chi connectivity index (χ1) is 9.01. The lowest BCUT2D eigenvalue weighted by atomic mass is 10.2. The van der Waals surface area contributed by atoms with Gasteiger partial charge in [0.1, 0.15) is 17.5 Å². The van der Waals surface area contributed by atoms with Gasteiger partial charge in [0.25, 0.3) is 0 Å². The van der Waals surface area contributed by atoms with Gasteiger partial charge in [0, 0.05) is 19.2 Å². The zero-order chi connectivity index (χ0) is 14.3. The van der Waals surface area contributed by atoms with E-state index in [0.29, 0.717) is 24.1 Å². The SMILES string of the molecule is CCNc1cc(NCC(=O)NCC(C)C)nc(C)n1. The van der Waals surface area contributed by atoms with Gasteiger partial charge < -0.3 is 16.0 Å². The van der Waals surface area contributed by atoms with E-state index >= 15 is 0 Å². The van der Waals surface area contributed by atoms with Crippen LogP contribution >= 0.6 is 0 Å². The van der Waals surface area contributed by atoms with E-state index in [2.05, 4.69) is 39.8 Å². The summed E-state index contributed by atoms with van der Waals surface area (Å²) in [4.78, 5) is 20.1. The van der Waals surface area contributed by atoms with E-state index in [-0.39, 0.29) is 12.5 Å². The van der Waals surface area contributed by atoms with Gasteiger partial charge in [-0.2, -0.15) is 0 Å². The maximum Gasteiger partial charge on any atom is 0.239 e. The Hall–Kier alpha value is -1.85. The Morgan fingerprint density at radius 1 is 1.26 bits per heavy atom. The molecule has 106 valence electrons. The highest BCUT2D eigenvalue weighted by molar-refractivity contribution is 5.80. The third-order valence-electron chi connectivity index (χ3n) is 2.33. The molecule has 0 radical (unpaired) electrons. The second-order valence-corrected chi connectivity index (χ2v) is 4.77. The van der Waals surface area contributed by atoms with Crippen LogP contribution in [0.15, 0.2) is 6.07 Å². The molecule has 0 fully saturated rings. The topological polar surface area (TPSA) is 78.9 Å². The molecule has 0 aliphatic carbocycles. The van der Waals surface area contributed by atoms with Crippen LogP contribution in [0.2, 0.25) is 0 Å². The van der Waals surface area contributed by atoms with Gasteiger partial charge in [0.15, 0.2) is 0 Å². The molecule has 0 unspecified atom stereocenters. The van der Waals surface area contributed by atoms with Crippen LogP contribution in [0.25, 0.3) is 0 Å². The molecule has 0 saturated carbocycles. The van der Waals surface area contributed by atoms with Crippen molar-refractivity contribution in [2.45, 2.75) is 27.7 Å². The number of amides is 1. The normalized spacial score (nSPS) is 10.4. The number of hydrogen-bond acceptors (Lipinski definition) is 5. The fourth-order valence-corrected chi connectivity index (χ4v) is 1.48. The molecule has 6 heteroatoms. The number of aromatic nitrogens is 2. The maximum absolute atomic E-state index is 11.6. The number of anilines is 2. The third kappa shape index (κ3) is 6.03. The van der Waals surface area contributed by atoms with Crippen molar-refractivity contribution in [3.05, 3.63) is 11.9 Å². The van der Waals surface area contributed by atoms with E-state index < -0.39 is 0 Å². The van der Waals surface area contributed by atoms with Crippen LogP contribution in [0.5, 0.6) is 0 Å². The minimum atomic E-state index is -0.0324. The molecule has 6 nitrogen and oxygen atoms in total. The number of aryl methyl sites for hydroxylation is 1. The van der Waals surface area contributed by atoms with E-state index in [4.69, 9.17) is 0 Å². The van der Waals surface area contributed by atoms with Crippen LogP contribution < -0.4 is 16.0 Å². The van der Waals surface area contributed by atoms with Crippen LogP contribution in [0.1, 0.15) is 26.6 Å². The number of carbonyl (C=O) groups excluding carboxylic acids is 1. The summed E-state index contributed by atoms with van der Waals surface area (Å²) in [6.07, 6.45) is 0. The van der Waals surface area contributed by atoms with E-state index in [1.165, 1.54) is 0 Å². The van der Waals surface area contributed by atoms with Crippen molar-refractivity contribution < 1.29 is 4.79 Å². The maximum atomic E-state index is 11.6. The molecule has 1 heterocycles. The van der Waals surface area contributed by atoms with Gasteiger partial charge in [0.05, 0.1) is 6.54 Å². The van der Waals surface area contributed by atoms with Crippen LogP contribution in [0, 0.1) is 12.8 Å². The summed E-state index contributed by atoms with van der Waals surface area (Å²) >= 11 is 0. The molecular weight excluding hydrogens is 242 g/mol. The van der Waals surface area contributed by atoms with Gasteiger partial charge in [-0.1, -0.05) is 13.8 Å². The molecule has 1 amide bonds. The Balaban J connectivity index is 2.50. The summed E-state index contributed by atoms with van der Waals surface area (Å²) < 4.78 is 0. The predicted octanol–water partition coefficient (Wildman–Crippen LogP) is 1.40. The van der Waals surface area contributed by atoms with Crippen LogP contribution in [0.4, 0.5) is 11.6 Å². The predicted molar refractivity (Wildman–Crippen MR) is 77.3 cm³/mol. The van der Waals surface area contributed by atoms with Gasteiger partial charge in [-0.05, 0) is 19.8 Å². The summed E-state index contributed by atoms with van der Waals surface area (Å²) in [5, 5.41) is 8.98. The number of rotatable bonds is 7. The quantitative estimate of drug-likeness (QED) is 0.694. The van der Waals surface area contributed by atoms with Crippen molar-refractivity contribution >= 4 is 17.5 Å². The van der Waals surface area contributed by atoms with Crippen molar-refractivity contribution in [2.75, 3.05) is 30.3 Å². The number of nitrogens with one attached hydrogen (secondary N) is 3. The second kappa shape index (κ2) is 7.56. The van der Waals surface area contributed by atoms with Crippen molar-refractivity contribution in [2.24, 2.45) is 5.92 Å². The molecule has 0 bridgehead atoms. The first-order valence-electron chi connectivity index (χ1n) is 6.61. The molecule has 0 aliphatic rings. The Kier molecular flexibility index (Phi) is 6.05. The molecule has 0 atom stereocenters. The Bertz CT molecular complexity index is 419. The molecule has 0 spiro atoms. The zero-order valence-corrected chi connectivity index (χ0v) is 12.1. The Morgan fingerprint density at radius 2 is 1.89 bits per heavy atom. The minimum Gasteiger partial charge on any atom is -0.370 e. The van der Waals surface area contributed by atoms with Crippen molar-refractivity contribution in [1.82, 2.24) is 15.3 Å². The van der Waals surface area contributed by atoms with Crippen molar-refractivity contribution in [3.8, 4) is 0 Å². The summed E-state index contributed by atoms with van der Waals surface area (Å²) in [7, 11) is 0. The average molecular weight is 265 g/mol. The van der Waals surface area contributed by atoms with Crippen LogP contribution in [-0.4, -0.2) is 35.5 Å². The van der Waals surface area contributed by atoms with Crippen molar-refractivity contribution in [1.29, 1.82) is 0 Å². The van der Waals surface area contributed by atoms with Gasteiger partial charge in [0.2, 0.25) is 5.91 Å². The molecule has 0 aliphatic heterocycles. The third-order valence-corrected chi connectivity index (χ3v) is 2.33. The molecule has 19 heavy (non-hydrogen) atoms. The largest absolute Gasteiger partial charge is 0.370 e. The molecule has 3 N–H and O–H groups in total. The molecule has 1 rings (SSSR count). The summed E-state index contributed by atoms with van der Waals surface area (Å²) in [5.41, 5.74) is 0. The molecule has 0 saturated heterocycles. The summed E-state index contributed by atoms with van der Waals surface area (Å²) in [6, 6.07) is 1.80. The fraction of sp³-hybridized carbons (Fsp3) is 0.615. The van der Waals surface area contributed by atoms with Crippen LogP contribution in [-0.2, 0) is 4.79 Å². The highest BCUT2D eigenvalue weighted by atomic mass is 16.1. The fourth-order valence-electron chi connectivity index (χ4n) is 1.48. The first-order valence-corrected chi connectivity index (χ1v) is 6.61.